The van der Waals surface area contributed by atoms with Crippen LogP contribution in [0.4, 0.5) is 5.82 Å². The van der Waals surface area contributed by atoms with E-state index in [1.807, 2.05) is 36.3 Å². The first-order valence-electron chi connectivity index (χ1n) is 4.59. The molecule has 0 aliphatic heterocycles. The first-order chi connectivity index (χ1) is 7.29. The lowest BCUT2D eigenvalue weighted by molar-refractivity contribution is 0.686. The second-order valence-corrected chi connectivity index (χ2v) is 4.36. The average Bonchev–Trinajstić information content (AvgIpc) is 2.65. The summed E-state index contributed by atoms with van der Waals surface area (Å²) in [6, 6.07) is 3.98. The summed E-state index contributed by atoms with van der Waals surface area (Å²) in [7, 11) is 1.87. The van der Waals surface area contributed by atoms with Crippen molar-refractivity contribution in [2.24, 2.45) is 0 Å². The van der Waals surface area contributed by atoms with Crippen LogP contribution in [0.3, 0.4) is 0 Å². The predicted molar refractivity (Wildman–Crippen MR) is 67.8 cm³/mol. The molecule has 2 aromatic heterocycles. The third kappa shape index (κ3) is 2.47. The fourth-order valence-electron chi connectivity index (χ4n) is 1.39. The van der Waals surface area contributed by atoms with E-state index in [1.165, 1.54) is 0 Å². The summed E-state index contributed by atoms with van der Waals surface area (Å²) in [5.74, 6) is 0.906. The van der Waals surface area contributed by atoms with E-state index in [0.29, 0.717) is 0 Å². The Kier molecular flexibility index (Phi) is 3.20. The van der Waals surface area contributed by atoms with Crippen molar-refractivity contribution in [1.82, 2.24) is 14.8 Å². The fourth-order valence-corrected chi connectivity index (χ4v) is 1.84. The van der Waals surface area contributed by atoms with Gasteiger partial charge in [0.05, 0.1) is 16.3 Å². The molecule has 0 saturated heterocycles. The van der Waals surface area contributed by atoms with Crippen LogP contribution < -0.4 is 5.32 Å². The molecule has 5 heteroatoms. The van der Waals surface area contributed by atoms with Crippen LogP contribution in [0.5, 0.6) is 0 Å². The monoisotopic (exact) mass is 314 g/mol. The number of nitrogens with one attached hydrogen (secondary N) is 1. The number of hydrogen-bond donors (Lipinski definition) is 1. The molecule has 78 valence electrons. The van der Waals surface area contributed by atoms with E-state index in [0.717, 1.165) is 21.5 Å². The van der Waals surface area contributed by atoms with Crippen LogP contribution in [-0.4, -0.2) is 21.8 Å². The second-order valence-electron chi connectivity index (χ2n) is 3.12. The summed E-state index contributed by atoms with van der Waals surface area (Å²) in [6.45, 7) is 0.743. The zero-order valence-electron chi connectivity index (χ0n) is 8.31. The van der Waals surface area contributed by atoms with E-state index >= 15 is 0 Å². The maximum atomic E-state index is 4.25. The van der Waals surface area contributed by atoms with Crippen molar-refractivity contribution < 1.29 is 0 Å². The highest BCUT2D eigenvalue weighted by atomic mass is 127. The third-order valence-corrected chi connectivity index (χ3v) is 2.62. The molecule has 4 nitrogen and oxygen atoms in total. The number of aromatic nitrogens is 3. The van der Waals surface area contributed by atoms with E-state index in [2.05, 4.69) is 38.0 Å². The molecule has 15 heavy (non-hydrogen) atoms. The van der Waals surface area contributed by atoms with Gasteiger partial charge in [0.2, 0.25) is 0 Å². The van der Waals surface area contributed by atoms with Crippen LogP contribution in [0, 0.1) is 3.57 Å². The Balaban J connectivity index is 2.23. The van der Waals surface area contributed by atoms with Crippen molar-refractivity contribution in [1.29, 1.82) is 0 Å². The van der Waals surface area contributed by atoms with Crippen LogP contribution in [-0.2, 0) is 6.54 Å². The molecular weight excluding hydrogens is 303 g/mol. The van der Waals surface area contributed by atoms with Gasteiger partial charge in [-0.05, 0) is 28.7 Å². The molecule has 2 heterocycles. The van der Waals surface area contributed by atoms with Gasteiger partial charge < -0.3 is 5.32 Å². The first-order valence-corrected chi connectivity index (χ1v) is 5.67. The Hall–Kier alpha value is -1.11. The average molecular weight is 314 g/mol. The minimum atomic E-state index is 0.743. The highest BCUT2D eigenvalue weighted by Gasteiger charge is 2.02. The predicted octanol–water partition coefficient (Wildman–Crippen LogP) is 1.97. The van der Waals surface area contributed by atoms with Gasteiger partial charge in [0.1, 0.15) is 5.82 Å². The fraction of sp³-hybridized carbons (Fsp3) is 0.200. The minimum Gasteiger partial charge on any atom is -0.373 e. The summed E-state index contributed by atoms with van der Waals surface area (Å²) in [5.41, 5.74) is 1.14. The lowest BCUT2D eigenvalue weighted by Crippen LogP contribution is -2.04. The second kappa shape index (κ2) is 4.61. The maximum Gasteiger partial charge on any atom is 0.130 e. The van der Waals surface area contributed by atoms with Gasteiger partial charge in [-0.1, -0.05) is 6.07 Å². The van der Waals surface area contributed by atoms with Crippen LogP contribution in [0.1, 0.15) is 5.56 Å². The molecule has 0 saturated carbocycles. The largest absolute Gasteiger partial charge is 0.373 e. The molecule has 0 radical (unpaired) electrons. The number of pyridine rings is 1. The third-order valence-electron chi connectivity index (χ3n) is 2.06. The van der Waals surface area contributed by atoms with Gasteiger partial charge in [-0.15, -0.1) is 0 Å². The zero-order chi connectivity index (χ0) is 10.7. The lowest BCUT2D eigenvalue weighted by atomic mass is 10.2. The van der Waals surface area contributed by atoms with Gasteiger partial charge in [0, 0.05) is 25.0 Å². The van der Waals surface area contributed by atoms with Crippen LogP contribution in [0.25, 0.3) is 0 Å². The molecule has 2 aromatic rings. The van der Waals surface area contributed by atoms with Crippen molar-refractivity contribution in [3.05, 3.63) is 39.9 Å². The van der Waals surface area contributed by atoms with Gasteiger partial charge in [-0.3, -0.25) is 4.68 Å². The topological polar surface area (TPSA) is 42.7 Å². The minimum absolute atomic E-state index is 0.743. The molecule has 1 N–H and O–H groups in total. The number of anilines is 1. The van der Waals surface area contributed by atoms with Gasteiger partial charge >= 0.3 is 0 Å². The molecule has 0 spiro atoms. The molecule has 0 aromatic carbocycles. The molecule has 0 aliphatic rings. The quantitative estimate of drug-likeness (QED) is 0.881. The van der Waals surface area contributed by atoms with E-state index in [-0.39, 0.29) is 0 Å². The van der Waals surface area contributed by atoms with Gasteiger partial charge in [-0.2, -0.15) is 5.10 Å². The zero-order valence-corrected chi connectivity index (χ0v) is 10.5. The SMILES string of the molecule is CNc1ncccc1Cn1cc(I)cn1. The molecule has 0 aliphatic carbocycles. The Morgan fingerprint density at radius 2 is 2.40 bits per heavy atom. The maximum absolute atomic E-state index is 4.25. The van der Waals surface area contributed by atoms with Crippen molar-refractivity contribution in [2.75, 3.05) is 12.4 Å². The number of hydrogen-bond acceptors (Lipinski definition) is 3. The highest BCUT2D eigenvalue weighted by molar-refractivity contribution is 14.1. The van der Waals surface area contributed by atoms with Gasteiger partial charge in [0.25, 0.3) is 0 Å². The van der Waals surface area contributed by atoms with Crippen LogP contribution in [0.2, 0.25) is 0 Å². The molecule has 0 fully saturated rings. The molecule has 2 rings (SSSR count). The lowest BCUT2D eigenvalue weighted by Gasteiger charge is -2.07. The van der Waals surface area contributed by atoms with E-state index in [9.17, 15) is 0 Å². The first kappa shape index (κ1) is 10.4. The van der Waals surface area contributed by atoms with E-state index in [4.69, 9.17) is 0 Å². The molecule has 0 amide bonds. The van der Waals surface area contributed by atoms with Crippen LogP contribution >= 0.6 is 22.6 Å². The number of rotatable bonds is 3. The van der Waals surface area contributed by atoms with Crippen molar-refractivity contribution in [2.45, 2.75) is 6.54 Å². The summed E-state index contributed by atoms with van der Waals surface area (Å²) < 4.78 is 3.04. The number of nitrogens with zero attached hydrogens (tertiary/aromatic N) is 3. The Morgan fingerprint density at radius 3 is 3.07 bits per heavy atom. The molecule has 0 unspecified atom stereocenters. The summed E-state index contributed by atoms with van der Waals surface area (Å²) in [6.07, 6.45) is 5.63. The Labute approximate surface area is 102 Å². The smallest absolute Gasteiger partial charge is 0.130 e. The normalized spacial score (nSPS) is 10.3. The summed E-state index contributed by atoms with van der Waals surface area (Å²) in [5, 5.41) is 7.31. The van der Waals surface area contributed by atoms with Crippen LogP contribution in [0.15, 0.2) is 30.7 Å². The van der Waals surface area contributed by atoms with Crippen molar-refractivity contribution in [3.8, 4) is 0 Å². The Bertz CT molecular complexity index is 452. The summed E-state index contributed by atoms with van der Waals surface area (Å²) in [4.78, 5) is 4.25. The van der Waals surface area contributed by atoms with Crippen molar-refractivity contribution >= 4 is 28.4 Å². The summed E-state index contributed by atoms with van der Waals surface area (Å²) >= 11 is 2.25. The van der Waals surface area contributed by atoms with E-state index < -0.39 is 0 Å². The highest BCUT2D eigenvalue weighted by Crippen LogP contribution is 2.12. The Morgan fingerprint density at radius 1 is 1.53 bits per heavy atom. The molecule has 0 bridgehead atoms. The van der Waals surface area contributed by atoms with Gasteiger partial charge in [0.15, 0.2) is 0 Å². The standard InChI is InChI=1S/C10H11IN4/c1-12-10-8(3-2-4-13-10)6-15-7-9(11)5-14-15/h2-5,7H,6H2,1H3,(H,12,13). The molecule has 0 atom stereocenters. The van der Waals surface area contributed by atoms with Crippen molar-refractivity contribution in [3.63, 3.8) is 0 Å². The van der Waals surface area contributed by atoms with Gasteiger partial charge in [-0.25, -0.2) is 4.98 Å². The van der Waals surface area contributed by atoms with E-state index in [1.54, 1.807) is 6.20 Å². The number of halogens is 1. The molecular formula is C10H11IN4.